The van der Waals surface area contributed by atoms with E-state index < -0.39 is 0 Å². The number of thioether (sulfide) groups is 1. The summed E-state index contributed by atoms with van der Waals surface area (Å²) in [4.78, 5) is 4.41. The van der Waals surface area contributed by atoms with Gasteiger partial charge in [-0.3, -0.25) is 4.99 Å². The van der Waals surface area contributed by atoms with Crippen molar-refractivity contribution in [1.82, 2.24) is 5.32 Å². The van der Waals surface area contributed by atoms with Crippen molar-refractivity contribution in [3.05, 3.63) is 0 Å². The molecule has 4 heteroatoms. The number of hydrogen-bond donors (Lipinski definition) is 1. The van der Waals surface area contributed by atoms with Crippen molar-refractivity contribution in [3.8, 4) is 0 Å². The van der Waals surface area contributed by atoms with E-state index in [9.17, 15) is 0 Å². The van der Waals surface area contributed by atoms with Crippen LogP contribution in [0.2, 0.25) is 0 Å². The second kappa shape index (κ2) is 5.03. The minimum atomic E-state index is 0.475. The molecule has 80 valence electrons. The lowest BCUT2D eigenvalue weighted by Crippen LogP contribution is -2.26. The molecule has 1 fully saturated rings. The molecule has 14 heavy (non-hydrogen) atoms. The largest absolute Gasteiger partial charge is 0.381 e. The van der Waals surface area contributed by atoms with Gasteiger partial charge in [-0.05, 0) is 25.7 Å². The number of amidine groups is 1. The molecule has 2 atom stereocenters. The van der Waals surface area contributed by atoms with Crippen LogP contribution >= 0.6 is 11.8 Å². The molecule has 2 unspecified atom stereocenters. The summed E-state index contributed by atoms with van der Waals surface area (Å²) in [7, 11) is 1.82. The van der Waals surface area contributed by atoms with Gasteiger partial charge in [0.25, 0.3) is 0 Å². The lowest BCUT2D eigenvalue weighted by molar-refractivity contribution is 0.0731. The van der Waals surface area contributed by atoms with Crippen LogP contribution in [-0.4, -0.2) is 36.7 Å². The third-order valence-corrected chi connectivity index (χ3v) is 4.09. The van der Waals surface area contributed by atoms with Crippen molar-refractivity contribution < 1.29 is 4.74 Å². The Balaban J connectivity index is 1.79. The van der Waals surface area contributed by atoms with Gasteiger partial charge in [-0.25, -0.2) is 0 Å². The Labute approximate surface area is 89.7 Å². The van der Waals surface area contributed by atoms with E-state index in [1.54, 1.807) is 0 Å². The minimum Gasteiger partial charge on any atom is -0.381 e. The smallest absolute Gasteiger partial charge is 0.156 e. The molecule has 2 aliphatic rings. The standard InChI is InChI=1S/C10H18N2OS/c1-13-8-3-2-4-9(7-8)14-10-11-5-6-12-10/h8-9H,2-7H2,1H3,(H,11,12). The monoisotopic (exact) mass is 214 g/mol. The Hall–Kier alpha value is -0.220. The number of rotatable bonds is 2. The molecule has 0 bridgehead atoms. The quantitative estimate of drug-likeness (QED) is 0.758. The van der Waals surface area contributed by atoms with Crippen LogP contribution in [0.15, 0.2) is 4.99 Å². The summed E-state index contributed by atoms with van der Waals surface area (Å²) in [6, 6.07) is 0. The molecule has 0 amide bonds. The first-order valence-corrected chi connectivity index (χ1v) is 6.24. The fourth-order valence-electron chi connectivity index (χ4n) is 2.04. The molecule has 0 aromatic rings. The predicted octanol–water partition coefficient (Wildman–Crippen LogP) is 1.64. The summed E-state index contributed by atoms with van der Waals surface area (Å²) >= 11 is 1.91. The van der Waals surface area contributed by atoms with Crippen LogP contribution < -0.4 is 5.32 Å². The number of aliphatic imine (C=N–C) groups is 1. The van der Waals surface area contributed by atoms with Gasteiger partial charge < -0.3 is 10.1 Å². The average molecular weight is 214 g/mol. The van der Waals surface area contributed by atoms with Gasteiger partial charge in [0.15, 0.2) is 5.17 Å². The Bertz CT molecular complexity index is 220. The summed E-state index contributed by atoms with van der Waals surface area (Å²) in [6.45, 7) is 1.96. The summed E-state index contributed by atoms with van der Waals surface area (Å²) in [5, 5.41) is 5.16. The van der Waals surface area contributed by atoms with Crippen molar-refractivity contribution in [1.29, 1.82) is 0 Å². The van der Waals surface area contributed by atoms with Crippen LogP contribution in [0.4, 0.5) is 0 Å². The number of nitrogens with zero attached hydrogens (tertiary/aromatic N) is 1. The molecular formula is C10H18N2OS. The van der Waals surface area contributed by atoms with Gasteiger partial charge >= 0.3 is 0 Å². The highest BCUT2D eigenvalue weighted by Gasteiger charge is 2.24. The maximum atomic E-state index is 5.41. The summed E-state index contributed by atoms with van der Waals surface area (Å²) < 4.78 is 5.41. The molecule has 0 radical (unpaired) electrons. The topological polar surface area (TPSA) is 33.6 Å². The molecule has 1 saturated carbocycles. The summed E-state index contributed by atoms with van der Waals surface area (Å²) in [5.41, 5.74) is 0. The molecule has 0 spiro atoms. The molecule has 1 aliphatic heterocycles. The lowest BCUT2D eigenvalue weighted by Gasteiger charge is -2.27. The Kier molecular flexibility index (Phi) is 3.70. The third-order valence-electron chi connectivity index (χ3n) is 2.83. The molecule has 0 aromatic carbocycles. The molecule has 0 saturated heterocycles. The molecular weight excluding hydrogens is 196 g/mol. The van der Waals surface area contributed by atoms with Crippen molar-refractivity contribution in [3.63, 3.8) is 0 Å². The first-order valence-electron chi connectivity index (χ1n) is 5.36. The van der Waals surface area contributed by atoms with Crippen molar-refractivity contribution in [2.45, 2.75) is 37.0 Å². The van der Waals surface area contributed by atoms with Crippen molar-refractivity contribution >= 4 is 16.9 Å². The molecule has 0 aromatic heterocycles. The minimum absolute atomic E-state index is 0.475. The van der Waals surface area contributed by atoms with Crippen LogP contribution in [0.3, 0.4) is 0 Å². The lowest BCUT2D eigenvalue weighted by atomic mass is 9.97. The number of nitrogens with one attached hydrogen (secondary N) is 1. The molecule has 1 heterocycles. The van der Waals surface area contributed by atoms with Crippen LogP contribution in [0.25, 0.3) is 0 Å². The van der Waals surface area contributed by atoms with E-state index in [1.807, 2.05) is 18.9 Å². The summed E-state index contributed by atoms with van der Waals surface area (Å²) in [5.74, 6) is 0. The number of hydrogen-bond acceptors (Lipinski definition) is 4. The van der Waals surface area contributed by atoms with Crippen LogP contribution in [-0.2, 0) is 4.74 Å². The Morgan fingerprint density at radius 1 is 1.50 bits per heavy atom. The fourth-order valence-corrected chi connectivity index (χ4v) is 3.30. The maximum absolute atomic E-state index is 5.41. The van der Waals surface area contributed by atoms with Crippen LogP contribution in [0.1, 0.15) is 25.7 Å². The van der Waals surface area contributed by atoms with Gasteiger partial charge in [0.1, 0.15) is 0 Å². The molecule has 1 aliphatic carbocycles. The summed E-state index contributed by atoms with van der Waals surface area (Å²) in [6.07, 6.45) is 5.49. The van der Waals surface area contributed by atoms with E-state index in [-0.39, 0.29) is 0 Å². The van der Waals surface area contributed by atoms with Crippen LogP contribution in [0, 0.1) is 0 Å². The van der Waals surface area contributed by atoms with E-state index in [0.29, 0.717) is 11.4 Å². The van der Waals surface area contributed by atoms with Gasteiger partial charge in [0, 0.05) is 18.9 Å². The fraction of sp³-hybridized carbons (Fsp3) is 0.900. The first-order chi connectivity index (χ1) is 6.88. The van der Waals surface area contributed by atoms with E-state index in [4.69, 9.17) is 4.74 Å². The highest BCUT2D eigenvalue weighted by Crippen LogP contribution is 2.30. The Morgan fingerprint density at radius 3 is 3.14 bits per heavy atom. The van der Waals surface area contributed by atoms with E-state index in [0.717, 1.165) is 18.3 Å². The maximum Gasteiger partial charge on any atom is 0.156 e. The van der Waals surface area contributed by atoms with E-state index in [1.165, 1.54) is 25.7 Å². The Morgan fingerprint density at radius 2 is 2.43 bits per heavy atom. The van der Waals surface area contributed by atoms with Crippen LogP contribution in [0.5, 0.6) is 0 Å². The van der Waals surface area contributed by atoms with Gasteiger partial charge in [-0.1, -0.05) is 11.8 Å². The van der Waals surface area contributed by atoms with Gasteiger partial charge in [-0.2, -0.15) is 0 Å². The van der Waals surface area contributed by atoms with Gasteiger partial charge in [-0.15, -0.1) is 0 Å². The molecule has 2 rings (SSSR count). The number of ether oxygens (including phenoxy) is 1. The van der Waals surface area contributed by atoms with Gasteiger partial charge in [0.2, 0.25) is 0 Å². The zero-order chi connectivity index (χ0) is 9.80. The molecule has 3 nitrogen and oxygen atoms in total. The van der Waals surface area contributed by atoms with Gasteiger partial charge in [0.05, 0.1) is 12.6 Å². The third kappa shape index (κ3) is 2.64. The second-order valence-corrected chi connectivity index (χ2v) is 5.17. The zero-order valence-electron chi connectivity index (χ0n) is 8.66. The highest BCUT2D eigenvalue weighted by molar-refractivity contribution is 8.14. The van der Waals surface area contributed by atoms with Crippen molar-refractivity contribution in [2.24, 2.45) is 4.99 Å². The number of methoxy groups -OCH3 is 1. The van der Waals surface area contributed by atoms with Crippen molar-refractivity contribution in [2.75, 3.05) is 20.2 Å². The zero-order valence-corrected chi connectivity index (χ0v) is 9.48. The average Bonchev–Trinajstić information content (AvgIpc) is 2.71. The predicted molar refractivity (Wildman–Crippen MR) is 60.9 cm³/mol. The second-order valence-electron chi connectivity index (χ2n) is 3.88. The van der Waals surface area contributed by atoms with E-state index >= 15 is 0 Å². The normalized spacial score (nSPS) is 32.5. The first kappa shape index (κ1) is 10.3. The highest BCUT2D eigenvalue weighted by atomic mass is 32.2. The van der Waals surface area contributed by atoms with E-state index in [2.05, 4.69) is 10.3 Å². The SMILES string of the molecule is COC1CCCC(SC2=NCCN2)C1. The molecule has 1 N–H and O–H groups in total.